The summed E-state index contributed by atoms with van der Waals surface area (Å²) in [6, 6.07) is 0. The molecule has 0 aliphatic rings. The third-order valence-corrected chi connectivity index (χ3v) is 2.02. The Bertz CT molecular complexity index is 396. The molecule has 1 aromatic heterocycles. The van der Waals surface area contributed by atoms with Gasteiger partial charge in [0.1, 0.15) is 6.33 Å². The van der Waals surface area contributed by atoms with Crippen LogP contribution >= 0.6 is 0 Å². The van der Waals surface area contributed by atoms with E-state index >= 15 is 0 Å². The van der Waals surface area contributed by atoms with Gasteiger partial charge in [0, 0.05) is 13.1 Å². The number of nitrogens with zero attached hydrogens (tertiary/aromatic N) is 4. The fourth-order valence-corrected chi connectivity index (χ4v) is 1.20. The summed E-state index contributed by atoms with van der Waals surface area (Å²) in [5.74, 6) is 0.126. The van der Waals surface area contributed by atoms with Gasteiger partial charge in [-0.05, 0) is 14.1 Å². The molecule has 0 unspecified atom stereocenters. The van der Waals surface area contributed by atoms with Crippen LogP contribution in [0.1, 0.15) is 0 Å². The molecule has 1 aromatic rings. The van der Waals surface area contributed by atoms with Gasteiger partial charge in [-0.1, -0.05) is 0 Å². The molecule has 8 heteroatoms. The molecule has 0 bridgehead atoms. The van der Waals surface area contributed by atoms with Crippen LogP contribution in [0.2, 0.25) is 0 Å². The summed E-state index contributed by atoms with van der Waals surface area (Å²) in [6.45, 7) is 1.29. The Balaban J connectivity index is 2.87. The molecular weight excluding hydrogens is 226 g/mol. The van der Waals surface area contributed by atoms with Crippen molar-refractivity contribution in [2.24, 2.45) is 0 Å². The molecule has 0 amide bonds. The van der Waals surface area contributed by atoms with Crippen LogP contribution in [0.15, 0.2) is 6.33 Å². The number of nitrogens with one attached hydrogen (secondary N) is 1. The highest BCUT2D eigenvalue weighted by molar-refractivity contribution is 5.60. The highest BCUT2D eigenvalue weighted by atomic mass is 16.6. The first-order valence-electron chi connectivity index (χ1n) is 4.98. The molecule has 8 nitrogen and oxygen atoms in total. The van der Waals surface area contributed by atoms with E-state index < -0.39 is 4.92 Å². The summed E-state index contributed by atoms with van der Waals surface area (Å²) in [6.07, 6.45) is 1.23. The van der Waals surface area contributed by atoms with E-state index in [1.165, 1.54) is 13.4 Å². The standard InChI is InChI=1S/C9H15N5O3/c1-13(2)5-4-10-8-7(14(15)16)9(17-3)12-6-11-8/h6H,4-5H2,1-3H3,(H,10,11,12). The van der Waals surface area contributed by atoms with Gasteiger partial charge in [-0.25, -0.2) is 4.98 Å². The number of hydrogen-bond acceptors (Lipinski definition) is 7. The summed E-state index contributed by atoms with van der Waals surface area (Å²) in [5.41, 5.74) is -0.242. The molecule has 0 radical (unpaired) electrons. The minimum absolute atomic E-state index is 0.0441. The van der Waals surface area contributed by atoms with Crippen LogP contribution in [0.5, 0.6) is 5.88 Å². The minimum atomic E-state index is -0.559. The van der Waals surface area contributed by atoms with E-state index in [-0.39, 0.29) is 17.4 Å². The number of aromatic nitrogens is 2. The largest absolute Gasteiger partial charge is 0.476 e. The van der Waals surface area contributed by atoms with Gasteiger partial charge >= 0.3 is 5.69 Å². The van der Waals surface area contributed by atoms with Gasteiger partial charge in [0.15, 0.2) is 0 Å². The Labute approximate surface area is 98.8 Å². The van der Waals surface area contributed by atoms with Gasteiger partial charge in [0.2, 0.25) is 5.82 Å². The fourth-order valence-electron chi connectivity index (χ4n) is 1.20. The van der Waals surface area contributed by atoms with Crippen molar-refractivity contribution < 1.29 is 9.66 Å². The molecule has 94 valence electrons. The number of hydrogen-bond donors (Lipinski definition) is 1. The molecule has 1 N–H and O–H groups in total. The lowest BCUT2D eigenvalue weighted by atomic mass is 10.4. The number of ether oxygens (including phenoxy) is 1. The van der Waals surface area contributed by atoms with Crippen LogP contribution in [0.4, 0.5) is 11.5 Å². The topological polar surface area (TPSA) is 93.4 Å². The van der Waals surface area contributed by atoms with Crippen LogP contribution in [0.25, 0.3) is 0 Å². The van der Waals surface area contributed by atoms with Gasteiger partial charge in [-0.15, -0.1) is 0 Å². The Hall–Kier alpha value is -1.96. The second-order valence-corrected chi connectivity index (χ2v) is 3.57. The van der Waals surface area contributed by atoms with Crippen molar-refractivity contribution in [2.75, 3.05) is 39.6 Å². The van der Waals surface area contributed by atoms with E-state index in [4.69, 9.17) is 4.74 Å². The first-order chi connectivity index (χ1) is 8.06. The fraction of sp³-hybridized carbons (Fsp3) is 0.556. The van der Waals surface area contributed by atoms with E-state index in [1.807, 2.05) is 19.0 Å². The molecule has 0 atom stereocenters. The van der Waals surface area contributed by atoms with Crippen molar-refractivity contribution in [1.82, 2.24) is 14.9 Å². The molecular formula is C9H15N5O3. The van der Waals surface area contributed by atoms with Crippen molar-refractivity contribution >= 4 is 11.5 Å². The van der Waals surface area contributed by atoms with Crippen LogP contribution < -0.4 is 10.1 Å². The lowest BCUT2D eigenvalue weighted by molar-refractivity contribution is -0.385. The summed E-state index contributed by atoms with van der Waals surface area (Å²) in [4.78, 5) is 19.8. The Kier molecular flexibility index (Phi) is 4.58. The lowest BCUT2D eigenvalue weighted by Gasteiger charge is -2.11. The summed E-state index contributed by atoms with van der Waals surface area (Å²) < 4.78 is 4.83. The highest BCUT2D eigenvalue weighted by Gasteiger charge is 2.23. The average Bonchev–Trinajstić information content (AvgIpc) is 2.27. The zero-order valence-electron chi connectivity index (χ0n) is 10.0. The Morgan fingerprint density at radius 2 is 2.24 bits per heavy atom. The number of methoxy groups -OCH3 is 1. The zero-order chi connectivity index (χ0) is 12.8. The Morgan fingerprint density at radius 3 is 2.76 bits per heavy atom. The lowest BCUT2D eigenvalue weighted by Crippen LogP contribution is -2.21. The first kappa shape index (κ1) is 13.1. The third-order valence-electron chi connectivity index (χ3n) is 2.02. The minimum Gasteiger partial charge on any atom is -0.476 e. The molecule has 17 heavy (non-hydrogen) atoms. The molecule has 0 fully saturated rings. The van der Waals surface area contributed by atoms with Crippen molar-refractivity contribution in [3.63, 3.8) is 0 Å². The smallest absolute Gasteiger partial charge is 0.372 e. The molecule has 1 rings (SSSR count). The highest BCUT2D eigenvalue weighted by Crippen LogP contribution is 2.29. The van der Waals surface area contributed by atoms with Gasteiger partial charge in [-0.2, -0.15) is 4.98 Å². The van der Waals surface area contributed by atoms with Crippen molar-refractivity contribution in [3.8, 4) is 5.88 Å². The normalized spacial score (nSPS) is 10.4. The average molecular weight is 241 g/mol. The van der Waals surface area contributed by atoms with Crippen molar-refractivity contribution in [2.45, 2.75) is 0 Å². The molecule has 0 aromatic carbocycles. The monoisotopic (exact) mass is 241 g/mol. The predicted molar refractivity (Wildman–Crippen MR) is 62.3 cm³/mol. The summed E-state index contributed by atoms with van der Waals surface area (Å²) >= 11 is 0. The SMILES string of the molecule is COc1ncnc(NCCN(C)C)c1[N+](=O)[O-]. The maximum Gasteiger partial charge on any atom is 0.372 e. The van der Waals surface area contributed by atoms with Crippen LogP contribution in [0, 0.1) is 10.1 Å². The van der Waals surface area contributed by atoms with Crippen molar-refractivity contribution in [1.29, 1.82) is 0 Å². The van der Waals surface area contributed by atoms with Crippen LogP contribution in [0.3, 0.4) is 0 Å². The van der Waals surface area contributed by atoms with Crippen molar-refractivity contribution in [3.05, 3.63) is 16.4 Å². The molecule has 1 heterocycles. The third kappa shape index (κ3) is 3.52. The van der Waals surface area contributed by atoms with Crippen LogP contribution in [-0.2, 0) is 0 Å². The maximum absolute atomic E-state index is 10.9. The quantitative estimate of drug-likeness (QED) is 0.568. The number of nitro groups is 1. The molecule has 0 aliphatic carbocycles. The van der Waals surface area contributed by atoms with Crippen LogP contribution in [-0.4, -0.2) is 54.1 Å². The molecule has 0 saturated heterocycles. The number of likely N-dealkylation sites (N-methyl/N-ethyl adjacent to an activating group) is 1. The summed E-state index contributed by atoms with van der Waals surface area (Å²) in [5, 5.41) is 13.8. The van der Waals surface area contributed by atoms with Gasteiger partial charge < -0.3 is 15.0 Å². The molecule has 0 spiro atoms. The van der Waals surface area contributed by atoms with Gasteiger partial charge in [0.25, 0.3) is 5.88 Å². The second kappa shape index (κ2) is 5.94. The van der Waals surface area contributed by atoms with E-state index in [9.17, 15) is 10.1 Å². The zero-order valence-corrected chi connectivity index (χ0v) is 10.0. The maximum atomic E-state index is 10.9. The second-order valence-electron chi connectivity index (χ2n) is 3.57. The first-order valence-corrected chi connectivity index (χ1v) is 4.98. The number of rotatable bonds is 6. The van der Waals surface area contributed by atoms with Gasteiger partial charge in [-0.3, -0.25) is 10.1 Å². The Morgan fingerprint density at radius 1 is 1.53 bits per heavy atom. The molecule has 0 aliphatic heterocycles. The summed E-state index contributed by atoms with van der Waals surface area (Å²) in [7, 11) is 5.16. The van der Waals surface area contributed by atoms with E-state index in [1.54, 1.807) is 0 Å². The molecule has 0 saturated carbocycles. The van der Waals surface area contributed by atoms with E-state index in [0.29, 0.717) is 6.54 Å². The van der Waals surface area contributed by atoms with Gasteiger partial charge in [0.05, 0.1) is 12.0 Å². The number of anilines is 1. The predicted octanol–water partition coefficient (Wildman–Crippen LogP) is 0.367. The van der Waals surface area contributed by atoms with E-state index in [2.05, 4.69) is 15.3 Å². The van der Waals surface area contributed by atoms with E-state index in [0.717, 1.165) is 6.54 Å².